The Kier molecular flexibility index (Phi) is 6.08. The molecule has 2 amide bonds. The third-order valence-corrected chi connectivity index (χ3v) is 5.11. The van der Waals surface area contributed by atoms with Crippen LogP contribution in [0.25, 0.3) is 5.69 Å². The summed E-state index contributed by atoms with van der Waals surface area (Å²) in [4.78, 5) is 24.2. The molecule has 0 saturated heterocycles. The van der Waals surface area contributed by atoms with Crippen molar-refractivity contribution in [2.24, 2.45) is 0 Å². The van der Waals surface area contributed by atoms with Crippen LogP contribution in [0.3, 0.4) is 0 Å². The minimum Gasteiger partial charge on any atom is -0.492 e. The van der Waals surface area contributed by atoms with E-state index in [2.05, 4.69) is 27.9 Å². The molecule has 0 aliphatic heterocycles. The number of aromatic nitrogens is 2. The van der Waals surface area contributed by atoms with E-state index in [0.717, 1.165) is 29.8 Å². The number of rotatable bonds is 7. The highest BCUT2D eigenvalue weighted by Crippen LogP contribution is 2.25. The fourth-order valence-electron chi connectivity index (χ4n) is 3.60. The second kappa shape index (κ2) is 9.26. The third kappa shape index (κ3) is 4.68. The molecule has 0 fully saturated rings. The second-order valence-corrected chi connectivity index (χ2v) is 7.15. The molecule has 2 aromatic carbocycles. The summed E-state index contributed by atoms with van der Waals surface area (Å²) in [5.41, 5.74) is 4.45. The Morgan fingerprint density at radius 2 is 1.83 bits per heavy atom. The Hall–Kier alpha value is -3.61. The maximum atomic E-state index is 12.1. The largest absolute Gasteiger partial charge is 0.492 e. The van der Waals surface area contributed by atoms with Crippen molar-refractivity contribution in [2.75, 3.05) is 13.2 Å². The first-order chi connectivity index (χ1) is 14.7. The predicted octanol–water partition coefficient (Wildman–Crippen LogP) is 2.17. The van der Waals surface area contributed by atoms with Crippen LogP contribution in [-0.4, -0.2) is 34.7 Å². The van der Waals surface area contributed by atoms with Gasteiger partial charge in [0.05, 0.1) is 12.2 Å². The summed E-state index contributed by atoms with van der Waals surface area (Å²) in [6, 6.07) is 15.5. The molecule has 7 nitrogen and oxygen atoms in total. The standard InChI is InChI=1S/C23H24N4O3/c28-22(24-12-14-30-20-10-9-17-6-3-7-18(17)15-20)23(29)25-16-19-5-1-2-8-21(19)27-13-4-11-26-27/h1-2,4-5,8-11,13,15H,3,6-7,12,14,16H2,(H,24,28)(H,25,29). The van der Waals surface area contributed by atoms with E-state index in [0.29, 0.717) is 6.61 Å². The lowest BCUT2D eigenvalue weighted by Crippen LogP contribution is -2.41. The highest BCUT2D eigenvalue weighted by atomic mass is 16.5. The molecule has 3 aromatic rings. The van der Waals surface area contributed by atoms with Crippen molar-refractivity contribution in [1.82, 2.24) is 20.4 Å². The number of para-hydroxylation sites is 1. The zero-order valence-corrected chi connectivity index (χ0v) is 16.6. The van der Waals surface area contributed by atoms with Gasteiger partial charge in [-0.1, -0.05) is 24.3 Å². The summed E-state index contributed by atoms with van der Waals surface area (Å²) in [5, 5.41) is 9.46. The molecule has 1 aliphatic rings. The van der Waals surface area contributed by atoms with Gasteiger partial charge in [0.2, 0.25) is 0 Å². The Bertz CT molecular complexity index is 1030. The lowest BCUT2D eigenvalue weighted by Gasteiger charge is -2.11. The van der Waals surface area contributed by atoms with Crippen LogP contribution >= 0.6 is 0 Å². The molecule has 7 heteroatoms. The van der Waals surface area contributed by atoms with Gasteiger partial charge in [-0.2, -0.15) is 5.10 Å². The highest BCUT2D eigenvalue weighted by molar-refractivity contribution is 6.35. The normalized spacial score (nSPS) is 12.3. The monoisotopic (exact) mass is 404 g/mol. The van der Waals surface area contributed by atoms with E-state index in [-0.39, 0.29) is 13.1 Å². The van der Waals surface area contributed by atoms with Crippen LogP contribution in [0.5, 0.6) is 5.75 Å². The van der Waals surface area contributed by atoms with Gasteiger partial charge in [0.25, 0.3) is 0 Å². The van der Waals surface area contributed by atoms with E-state index in [1.165, 1.54) is 17.5 Å². The molecule has 0 radical (unpaired) electrons. The van der Waals surface area contributed by atoms with Gasteiger partial charge in [0.15, 0.2) is 0 Å². The first kappa shape index (κ1) is 19.7. The van der Waals surface area contributed by atoms with Crippen molar-refractivity contribution >= 4 is 11.8 Å². The molecule has 0 bridgehead atoms. The van der Waals surface area contributed by atoms with Crippen LogP contribution in [0.2, 0.25) is 0 Å². The van der Waals surface area contributed by atoms with E-state index in [4.69, 9.17) is 4.74 Å². The average Bonchev–Trinajstić information content (AvgIpc) is 3.46. The Morgan fingerprint density at radius 3 is 2.70 bits per heavy atom. The van der Waals surface area contributed by atoms with Crippen molar-refractivity contribution in [3.05, 3.63) is 77.6 Å². The molecule has 1 aliphatic carbocycles. The zero-order chi connectivity index (χ0) is 20.8. The number of nitrogens with one attached hydrogen (secondary N) is 2. The molecule has 154 valence electrons. The van der Waals surface area contributed by atoms with Gasteiger partial charge < -0.3 is 15.4 Å². The summed E-state index contributed by atoms with van der Waals surface area (Å²) in [7, 11) is 0. The number of amides is 2. The van der Waals surface area contributed by atoms with Gasteiger partial charge >= 0.3 is 11.8 Å². The molecular weight excluding hydrogens is 380 g/mol. The first-order valence-corrected chi connectivity index (χ1v) is 10.1. The van der Waals surface area contributed by atoms with Gasteiger partial charge in [-0.05, 0) is 60.2 Å². The maximum absolute atomic E-state index is 12.1. The number of carbonyl (C=O) groups excluding carboxylic acids is 2. The van der Waals surface area contributed by atoms with Crippen molar-refractivity contribution in [2.45, 2.75) is 25.8 Å². The average molecular weight is 404 g/mol. The minimum atomic E-state index is -0.678. The van der Waals surface area contributed by atoms with Crippen molar-refractivity contribution < 1.29 is 14.3 Å². The summed E-state index contributed by atoms with van der Waals surface area (Å²) >= 11 is 0. The Balaban J connectivity index is 1.22. The lowest BCUT2D eigenvalue weighted by atomic mass is 10.1. The Morgan fingerprint density at radius 1 is 1.00 bits per heavy atom. The van der Waals surface area contributed by atoms with Crippen LogP contribution in [0.4, 0.5) is 0 Å². The molecule has 1 heterocycles. The summed E-state index contributed by atoms with van der Waals surface area (Å²) < 4.78 is 7.41. The molecule has 0 spiro atoms. The number of nitrogens with zero attached hydrogens (tertiary/aromatic N) is 2. The van der Waals surface area contributed by atoms with Crippen LogP contribution in [-0.2, 0) is 29.0 Å². The van der Waals surface area contributed by atoms with Crippen LogP contribution in [0.15, 0.2) is 60.9 Å². The number of fused-ring (bicyclic) bond motifs is 1. The maximum Gasteiger partial charge on any atom is 0.309 e. The predicted molar refractivity (Wildman–Crippen MR) is 112 cm³/mol. The summed E-state index contributed by atoms with van der Waals surface area (Å²) in [5.74, 6) is -0.559. The van der Waals surface area contributed by atoms with Gasteiger partial charge in [-0.3, -0.25) is 9.59 Å². The van der Waals surface area contributed by atoms with Crippen LogP contribution in [0.1, 0.15) is 23.1 Å². The topological polar surface area (TPSA) is 85.2 Å². The van der Waals surface area contributed by atoms with Gasteiger partial charge in [0, 0.05) is 18.9 Å². The van der Waals surface area contributed by atoms with Gasteiger partial charge in [-0.25, -0.2) is 4.68 Å². The third-order valence-electron chi connectivity index (χ3n) is 5.11. The number of ether oxygens (including phenoxy) is 1. The number of hydrogen-bond acceptors (Lipinski definition) is 4. The Labute approximate surface area is 175 Å². The fourth-order valence-corrected chi connectivity index (χ4v) is 3.60. The van der Waals surface area contributed by atoms with E-state index >= 15 is 0 Å². The molecule has 30 heavy (non-hydrogen) atoms. The number of carbonyl (C=O) groups is 2. The fraction of sp³-hybridized carbons (Fsp3) is 0.261. The summed E-state index contributed by atoms with van der Waals surface area (Å²) in [6.45, 7) is 0.793. The molecule has 1 aromatic heterocycles. The highest BCUT2D eigenvalue weighted by Gasteiger charge is 2.14. The number of hydrogen-bond donors (Lipinski definition) is 2. The molecular formula is C23H24N4O3. The second-order valence-electron chi connectivity index (χ2n) is 7.15. The molecule has 0 atom stereocenters. The number of aryl methyl sites for hydroxylation is 2. The van der Waals surface area contributed by atoms with Gasteiger partial charge in [0.1, 0.15) is 12.4 Å². The van der Waals surface area contributed by atoms with Gasteiger partial charge in [-0.15, -0.1) is 0 Å². The molecule has 4 rings (SSSR count). The van der Waals surface area contributed by atoms with Crippen LogP contribution in [0, 0.1) is 0 Å². The van der Waals surface area contributed by atoms with Crippen molar-refractivity contribution in [3.63, 3.8) is 0 Å². The lowest BCUT2D eigenvalue weighted by molar-refractivity contribution is -0.139. The molecule has 0 saturated carbocycles. The minimum absolute atomic E-state index is 0.230. The van der Waals surface area contributed by atoms with Crippen LogP contribution < -0.4 is 15.4 Å². The van der Waals surface area contributed by atoms with Crippen molar-refractivity contribution in [1.29, 1.82) is 0 Å². The number of benzene rings is 2. The molecule has 0 unspecified atom stereocenters. The SMILES string of the molecule is O=C(NCCOc1ccc2c(c1)CCC2)C(=O)NCc1ccccc1-n1cccn1. The first-order valence-electron chi connectivity index (χ1n) is 10.1. The van der Waals surface area contributed by atoms with E-state index in [1.807, 2.05) is 42.6 Å². The van der Waals surface area contributed by atoms with E-state index < -0.39 is 11.8 Å². The smallest absolute Gasteiger partial charge is 0.309 e. The zero-order valence-electron chi connectivity index (χ0n) is 16.6. The molecule has 2 N–H and O–H groups in total. The van der Waals surface area contributed by atoms with E-state index in [1.54, 1.807) is 10.9 Å². The quantitative estimate of drug-likeness (QED) is 0.467. The van der Waals surface area contributed by atoms with Crippen molar-refractivity contribution in [3.8, 4) is 11.4 Å². The summed E-state index contributed by atoms with van der Waals surface area (Å²) in [6.07, 6.45) is 6.93. The van der Waals surface area contributed by atoms with E-state index in [9.17, 15) is 9.59 Å².